The van der Waals surface area contributed by atoms with Crippen LogP contribution in [0.4, 0.5) is 0 Å². The van der Waals surface area contributed by atoms with E-state index in [1.807, 2.05) is 0 Å². The van der Waals surface area contributed by atoms with Crippen molar-refractivity contribution in [3.8, 4) is 0 Å². The quantitative estimate of drug-likeness (QED) is 0.608. The van der Waals surface area contributed by atoms with Crippen LogP contribution in [0.25, 0.3) is 0 Å². The monoisotopic (exact) mass is 249 g/mol. The number of hydrogen-bond acceptors (Lipinski definition) is 4. The van der Waals surface area contributed by atoms with Crippen LogP contribution in [-0.2, 0) is 6.42 Å². The zero-order valence-electron chi connectivity index (χ0n) is 8.66. The number of nitrogens with one attached hydrogen (secondary N) is 1. The van der Waals surface area contributed by atoms with Gasteiger partial charge in [-0.3, -0.25) is 4.79 Å². The highest BCUT2D eigenvalue weighted by molar-refractivity contribution is 7.99. The number of aromatic nitrogens is 2. The predicted octanol–water partition coefficient (Wildman–Crippen LogP) is 1.19. The van der Waals surface area contributed by atoms with Gasteiger partial charge in [0.25, 0.3) is 5.56 Å². The first-order valence-corrected chi connectivity index (χ1v) is 5.68. The van der Waals surface area contributed by atoms with Crippen molar-refractivity contribution >= 4 is 24.2 Å². The first-order valence-electron chi connectivity index (χ1n) is 4.69. The summed E-state index contributed by atoms with van der Waals surface area (Å²) in [5.74, 6) is 0.776. The molecule has 0 bridgehead atoms. The fourth-order valence-corrected chi connectivity index (χ4v) is 1.76. The highest BCUT2D eigenvalue weighted by atomic mass is 35.5. The summed E-state index contributed by atoms with van der Waals surface area (Å²) in [4.78, 5) is 18.2. The van der Waals surface area contributed by atoms with Crippen molar-refractivity contribution in [3.63, 3.8) is 0 Å². The molecule has 0 aliphatic rings. The van der Waals surface area contributed by atoms with Crippen LogP contribution in [0.2, 0.25) is 0 Å². The molecule has 0 aliphatic heterocycles. The van der Waals surface area contributed by atoms with Gasteiger partial charge in [-0.15, -0.1) is 12.4 Å². The fourth-order valence-electron chi connectivity index (χ4n) is 1.09. The summed E-state index contributed by atoms with van der Waals surface area (Å²) < 4.78 is 0. The summed E-state index contributed by atoms with van der Waals surface area (Å²) >= 11 is 1.48. The Balaban J connectivity index is 0.00000196. The molecular weight excluding hydrogens is 234 g/mol. The van der Waals surface area contributed by atoms with Crippen molar-refractivity contribution in [2.75, 3.05) is 12.3 Å². The predicted molar refractivity (Wildman–Crippen MR) is 65.9 cm³/mol. The molecule has 1 rings (SSSR count). The van der Waals surface area contributed by atoms with Crippen molar-refractivity contribution in [1.29, 1.82) is 0 Å². The summed E-state index contributed by atoms with van der Waals surface area (Å²) in [7, 11) is 0. The van der Waals surface area contributed by atoms with Gasteiger partial charge in [-0.1, -0.05) is 25.1 Å². The Kier molecular flexibility index (Phi) is 7.46. The number of halogens is 1. The Hall–Kier alpha value is -0.520. The number of aryl methyl sites for hydroxylation is 1. The van der Waals surface area contributed by atoms with Gasteiger partial charge in [0.05, 0.1) is 0 Å². The lowest BCUT2D eigenvalue weighted by atomic mass is 10.2. The molecule has 4 nitrogen and oxygen atoms in total. The second-order valence-electron chi connectivity index (χ2n) is 2.93. The lowest BCUT2D eigenvalue weighted by Gasteiger charge is -2.01. The molecule has 1 aromatic rings. The minimum Gasteiger partial charge on any atom is -0.330 e. The third kappa shape index (κ3) is 5.20. The standard InChI is InChI=1S/C9H15N3OS.ClH/c1-2-3-7-6-8(13)12-9(11-7)14-5-4-10;/h6H,2-5,10H2,1H3,(H,11,12,13);1H. The van der Waals surface area contributed by atoms with Crippen molar-refractivity contribution in [1.82, 2.24) is 9.97 Å². The number of nitrogens with two attached hydrogens (primary N) is 1. The Morgan fingerprint density at radius 2 is 2.33 bits per heavy atom. The van der Waals surface area contributed by atoms with Gasteiger partial charge in [0.1, 0.15) is 0 Å². The number of rotatable bonds is 5. The second kappa shape index (κ2) is 7.73. The summed E-state index contributed by atoms with van der Waals surface area (Å²) in [5, 5.41) is 0.673. The topological polar surface area (TPSA) is 71.8 Å². The minimum absolute atomic E-state index is 0. The zero-order chi connectivity index (χ0) is 10.4. The molecule has 15 heavy (non-hydrogen) atoms. The van der Waals surface area contributed by atoms with E-state index in [0.29, 0.717) is 11.7 Å². The number of thioether (sulfide) groups is 1. The van der Waals surface area contributed by atoms with E-state index >= 15 is 0 Å². The van der Waals surface area contributed by atoms with Gasteiger partial charge in [-0.05, 0) is 6.42 Å². The van der Waals surface area contributed by atoms with Crippen molar-refractivity contribution < 1.29 is 0 Å². The second-order valence-corrected chi connectivity index (χ2v) is 4.01. The van der Waals surface area contributed by atoms with Gasteiger partial charge in [0.15, 0.2) is 5.16 Å². The molecule has 1 aromatic heterocycles. The van der Waals surface area contributed by atoms with Crippen LogP contribution in [0, 0.1) is 0 Å². The van der Waals surface area contributed by atoms with Crippen molar-refractivity contribution in [2.24, 2.45) is 5.73 Å². The maximum absolute atomic E-state index is 11.2. The van der Waals surface area contributed by atoms with Crippen molar-refractivity contribution in [3.05, 3.63) is 22.1 Å². The first-order chi connectivity index (χ1) is 6.76. The molecule has 1 heterocycles. The number of aromatic amines is 1. The molecule has 0 radical (unpaired) electrons. The summed E-state index contributed by atoms with van der Waals surface area (Å²) in [6.45, 7) is 2.65. The average molecular weight is 250 g/mol. The third-order valence-electron chi connectivity index (χ3n) is 1.64. The van der Waals surface area contributed by atoms with Crippen LogP contribution in [0.15, 0.2) is 16.0 Å². The van der Waals surface area contributed by atoms with Gasteiger partial charge >= 0.3 is 0 Å². The van der Waals surface area contributed by atoms with Gasteiger partial charge in [-0.25, -0.2) is 4.98 Å². The van der Waals surface area contributed by atoms with E-state index in [9.17, 15) is 4.79 Å². The van der Waals surface area contributed by atoms with E-state index < -0.39 is 0 Å². The van der Waals surface area contributed by atoms with Crippen LogP contribution in [0.1, 0.15) is 19.0 Å². The normalized spacial score (nSPS) is 9.73. The fraction of sp³-hybridized carbons (Fsp3) is 0.556. The van der Waals surface area contributed by atoms with E-state index in [-0.39, 0.29) is 18.0 Å². The van der Waals surface area contributed by atoms with Gasteiger partial charge < -0.3 is 10.7 Å². The smallest absolute Gasteiger partial charge is 0.251 e. The third-order valence-corrected chi connectivity index (χ3v) is 2.54. The van der Waals surface area contributed by atoms with Crippen LogP contribution >= 0.6 is 24.2 Å². The molecule has 0 fully saturated rings. The van der Waals surface area contributed by atoms with Crippen LogP contribution in [0.5, 0.6) is 0 Å². The molecule has 0 saturated carbocycles. The number of hydrogen-bond donors (Lipinski definition) is 2. The molecule has 3 N–H and O–H groups in total. The number of H-pyrrole nitrogens is 1. The van der Waals surface area contributed by atoms with E-state index in [1.54, 1.807) is 6.07 Å². The average Bonchev–Trinajstić information content (AvgIpc) is 2.14. The molecule has 0 saturated heterocycles. The van der Waals surface area contributed by atoms with Crippen LogP contribution in [0.3, 0.4) is 0 Å². The maximum atomic E-state index is 11.2. The molecule has 0 atom stereocenters. The SMILES string of the molecule is CCCc1cc(=O)[nH]c(SCCN)n1.Cl. The lowest BCUT2D eigenvalue weighted by molar-refractivity contribution is 0.815. The lowest BCUT2D eigenvalue weighted by Crippen LogP contribution is -2.11. The van der Waals surface area contributed by atoms with Gasteiger partial charge in [-0.2, -0.15) is 0 Å². The molecule has 0 aliphatic carbocycles. The first kappa shape index (κ1) is 14.5. The highest BCUT2D eigenvalue weighted by Gasteiger charge is 2.00. The minimum atomic E-state index is -0.0806. The van der Waals surface area contributed by atoms with E-state index in [2.05, 4.69) is 16.9 Å². The Morgan fingerprint density at radius 1 is 1.60 bits per heavy atom. The van der Waals surface area contributed by atoms with Gasteiger partial charge in [0, 0.05) is 24.1 Å². The largest absolute Gasteiger partial charge is 0.330 e. The summed E-state index contributed by atoms with van der Waals surface area (Å²) in [6, 6.07) is 1.55. The van der Waals surface area contributed by atoms with Crippen molar-refractivity contribution in [2.45, 2.75) is 24.9 Å². The molecule has 0 unspecified atom stereocenters. The molecule has 0 aromatic carbocycles. The molecule has 0 amide bonds. The molecule has 6 heteroatoms. The van der Waals surface area contributed by atoms with E-state index in [4.69, 9.17) is 5.73 Å². The number of nitrogens with zero attached hydrogens (tertiary/aromatic N) is 1. The Labute approximate surface area is 99.5 Å². The molecule has 86 valence electrons. The molecular formula is C9H16ClN3OS. The van der Waals surface area contributed by atoms with Crippen LogP contribution < -0.4 is 11.3 Å². The van der Waals surface area contributed by atoms with E-state index in [1.165, 1.54) is 11.8 Å². The highest BCUT2D eigenvalue weighted by Crippen LogP contribution is 2.10. The Bertz CT molecular complexity index is 342. The van der Waals surface area contributed by atoms with Gasteiger partial charge in [0.2, 0.25) is 0 Å². The zero-order valence-corrected chi connectivity index (χ0v) is 10.3. The summed E-state index contributed by atoms with van der Waals surface area (Å²) in [5.41, 5.74) is 6.15. The van der Waals surface area contributed by atoms with Crippen LogP contribution in [-0.4, -0.2) is 22.3 Å². The maximum Gasteiger partial charge on any atom is 0.251 e. The van der Waals surface area contributed by atoms with E-state index in [0.717, 1.165) is 24.3 Å². The summed E-state index contributed by atoms with van der Waals surface area (Å²) in [6.07, 6.45) is 1.84. The Morgan fingerprint density at radius 3 is 2.93 bits per heavy atom. The molecule has 0 spiro atoms.